The Hall–Kier alpha value is -1.05. The maximum atomic E-state index is 10.4. The molecule has 0 heterocycles. The molecule has 0 aliphatic heterocycles. The van der Waals surface area contributed by atoms with Crippen molar-refractivity contribution in [2.24, 2.45) is 5.73 Å². The van der Waals surface area contributed by atoms with Gasteiger partial charge in [-0.25, -0.2) is 0 Å². The number of benzene rings is 1. The molecule has 0 aromatic heterocycles. The van der Waals surface area contributed by atoms with Crippen molar-refractivity contribution in [1.29, 1.82) is 0 Å². The molecule has 0 saturated heterocycles. The van der Waals surface area contributed by atoms with Crippen molar-refractivity contribution >= 4 is 25.3 Å². The van der Waals surface area contributed by atoms with E-state index < -0.39 is 0 Å². The molecule has 2 N–H and O–H groups in total. The SMILES string of the molecule is Cc1ccc([Se]/C=C\C(N)=O)cc1. The molecule has 0 fully saturated rings. The predicted octanol–water partition coefficient (Wildman–Crippen LogP) is 0.324. The van der Waals surface area contributed by atoms with Crippen LogP contribution in [0.15, 0.2) is 35.3 Å². The summed E-state index contributed by atoms with van der Waals surface area (Å²) in [4.78, 5) is 12.2. The van der Waals surface area contributed by atoms with Crippen LogP contribution in [0.3, 0.4) is 0 Å². The van der Waals surface area contributed by atoms with Crippen LogP contribution < -0.4 is 10.2 Å². The van der Waals surface area contributed by atoms with Crippen molar-refractivity contribution in [2.45, 2.75) is 6.92 Å². The molecule has 0 radical (unpaired) electrons. The summed E-state index contributed by atoms with van der Waals surface area (Å²) in [5.74, 6) is -0.381. The van der Waals surface area contributed by atoms with Crippen LogP contribution in [0.1, 0.15) is 5.56 Å². The third kappa shape index (κ3) is 3.92. The fraction of sp³-hybridized carbons (Fsp3) is 0.100. The molecule has 1 rings (SSSR count). The van der Waals surface area contributed by atoms with Crippen molar-refractivity contribution < 1.29 is 4.79 Å². The first-order valence-corrected chi connectivity index (χ1v) is 5.72. The average molecular weight is 240 g/mol. The van der Waals surface area contributed by atoms with Crippen LogP contribution in [0.5, 0.6) is 0 Å². The second kappa shape index (κ2) is 4.85. The van der Waals surface area contributed by atoms with Gasteiger partial charge in [0.05, 0.1) is 0 Å². The molecule has 1 aromatic carbocycles. The van der Waals surface area contributed by atoms with Gasteiger partial charge in [-0.2, -0.15) is 0 Å². The first-order valence-electron chi connectivity index (χ1n) is 3.88. The van der Waals surface area contributed by atoms with E-state index in [2.05, 4.69) is 31.2 Å². The van der Waals surface area contributed by atoms with Crippen LogP contribution in [0.4, 0.5) is 0 Å². The zero-order chi connectivity index (χ0) is 9.68. The van der Waals surface area contributed by atoms with E-state index in [1.165, 1.54) is 16.1 Å². The number of primary amides is 1. The molecule has 0 atom stereocenters. The molecule has 68 valence electrons. The molecule has 13 heavy (non-hydrogen) atoms. The van der Waals surface area contributed by atoms with Crippen molar-refractivity contribution in [3.05, 3.63) is 40.9 Å². The van der Waals surface area contributed by atoms with Crippen LogP contribution >= 0.6 is 0 Å². The van der Waals surface area contributed by atoms with Gasteiger partial charge >= 0.3 is 83.7 Å². The van der Waals surface area contributed by atoms with Crippen molar-refractivity contribution in [1.82, 2.24) is 0 Å². The Kier molecular flexibility index (Phi) is 3.74. The molecule has 2 nitrogen and oxygen atoms in total. The van der Waals surface area contributed by atoms with Crippen LogP contribution in [-0.4, -0.2) is 20.9 Å². The van der Waals surface area contributed by atoms with Crippen molar-refractivity contribution in [3.8, 4) is 0 Å². The van der Waals surface area contributed by atoms with E-state index in [-0.39, 0.29) is 20.9 Å². The van der Waals surface area contributed by atoms with Crippen molar-refractivity contribution in [3.63, 3.8) is 0 Å². The minimum absolute atomic E-state index is 0.211. The Morgan fingerprint density at radius 3 is 2.54 bits per heavy atom. The first-order chi connectivity index (χ1) is 6.18. The Bertz CT molecular complexity index is 316. The fourth-order valence-electron chi connectivity index (χ4n) is 0.796. The molecule has 1 aromatic rings. The molecule has 0 saturated carbocycles. The maximum absolute atomic E-state index is 10.4. The summed E-state index contributed by atoms with van der Waals surface area (Å²) in [7, 11) is 0. The molecule has 0 spiro atoms. The van der Waals surface area contributed by atoms with E-state index in [1.807, 2.05) is 4.97 Å². The van der Waals surface area contributed by atoms with Gasteiger partial charge in [-0.1, -0.05) is 0 Å². The van der Waals surface area contributed by atoms with Gasteiger partial charge in [0.15, 0.2) is 0 Å². The fourth-order valence-corrected chi connectivity index (χ4v) is 2.17. The van der Waals surface area contributed by atoms with Gasteiger partial charge in [-0.05, 0) is 0 Å². The molecular formula is C10H11NOSe. The van der Waals surface area contributed by atoms with Gasteiger partial charge in [0.2, 0.25) is 0 Å². The summed E-state index contributed by atoms with van der Waals surface area (Å²) >= 11 is 0.211. The van der Waals surface area contributed by atoms with Gasteiger partial charge in [0, 0.05) is 0 Å². The second-order valence-corrected chi connectivity index (χ2v) is 4.69. The number of nitrogens with two attached hydrogens (primary N) is 1. The first kappa shape index (κ1) is 10.0. The van der Waals surface area contributed by atoms with E-state index in [4.69, 9.17) is 5.73 Å². The van der Waals surface area contributed by atoms with E-state index in [0.717, 1.165) is 0 Å². The topological polar surface area (TPSA) is 43.1 Å². The average Bonchev–Trinajstić information content (AvgIpc) is 2.08. The van der Waals surface area contributed by atoms with E-state index in [0.29, 0.717) is 0 Å². The summed E-state index contributed by atoms with van der Waals surface area (Å²) in [6.07, 6.45) is 1.42. The molecule has 1 amide bonds. The number of aryl methyl sites for hydroxylation is 1. The minimum atomic E-state index is -0.381. The Morgan fingerprint density at radius 1 is 1.38 bits per heavy atom. The zero-order valence-electron chi connectivity index (χ0n) is 7.36. The van der Waals surface area contributed by atoms with Crippen LogP contribution in [0.2, 0.25) is 0 Å². The third-order valence-corrected chi connectivity index (χ3v) is 3.17. The zero-order valence-corrected chi connectivity index (χ0v) is 9.07. The summed E-state index contributed by atoms with van der Waals surface area (Å²) in [6, 6.07) is 8.27. The third-order valence-electron chi connectivity index (χ3n) is 1.46. The standard InChI is InChI=1S/C10H11NOSe/c1-8-2-4-9(5-3-8)13-7-6-10(11)12/h2-7H,1H3,(H2,11,12)/b7-6-. The van der Waals surface area contributed by atoms with Gasteiger partial charge < -0.3 is 0 Å². The quantitative estimate of drug-likeness (QED) is 0.600. The monoisotopic (exact) mass is 241 g/mol. The summed E-state index contributed by atoms with van der Waals surface area (Å²) < 4.78 is 1.25. The Labute approximate surface area is 84.0 Å². The van der Waals surface area contributed by atoms with Crippen LogP contribution in [-0.2, 0) is 4.79 Å². The van der Waals surface area contributed by atoms with Crippen LogP contribution in [0, 0.1) is 6.92 Å². The predicted molar refractivity (Wildman–Crippen MR) is 54.9 cm³/mol. The van der Waals surface area contributed by atoms with E-state index >= 15 is 0 Å². The molecule has 0 unspecified atom stereocenters. The normalized spacial score (nSPS) is 10.5. The summed E-state index contributed by atoms with van der Waals surface area (Å²) in [5, 5.41) is 0. The second-order valence-electron chi connectivity index (χ2n) is 2.64. The van der Waals surface area contributed by atoms with E-state index in [9.17, 15) is 4.79 Å². The Morgan fingerprint density at radius 2 is 2.00 bits per heavy atom. The Balaban J connectivity index is 2.55. The van der Waals surface area contributed by atoms with Gasteiger partial charge in [-0.15, -0.1) is 0 Å². The summed E-state index contributed by atoms with van der Waals surface area (Å²) in [5.41, 5.74) is 6.21. The number of carbonyl (C=O) groups is 1. The number of amides is 1. The number of hydrogen-bond donors (Lipinski definition) is 1. The molecule has 0 aliphatic carbocycles. The molecule has 0 bridgehead atoms. The molecule has 0 aliphatic rings. The van der Waals surface area contributed by atoms with Gasteiger partial charge in [-0.3, -0.25) is 0 Å². The van der Waals surface area contributed by atoms with Gasteiger partial charge in [0.25, 0.3) is 0 Å². The van der Waals surface area contributed by atoms with E-state index in [1.54, 1.807) is 0 Å². The van der Waals surface area contributed by atoms with Crippen LogP contribution in [0.25, 0.3) is 0 Å². The number of hydrogen-bond acceptors (Lipinski definition) is 1. The number of rotatable bonds is 3. The van der Waals surface area contributed by atoms with Gasteiger partial charge in [0.1, 0.15) is 0 Å². The molecule has 3 heteroatoms. The number of carbonyl (C=O) groups excluding carboxylic acids is 1. The summed E-state index contributed by atoms with van der Waals surface area (Å²) in [6.45, 7) is 2.05. The molecular weight excluding hydrogens is 229 g/mol. The van der Waals surface area contributed by atoms with Crippen molar-refractivity contribution in [2.75, 3.05) is 0 Å².